The van der Waals surface area contributed by atoms with E-state index < -0.39 is 10.0 Å². The minimum Gasteiger partial charge on any atom is -0.497 e. The number of carbonyl (C=O) groups is 1. The Morgan fingerprint density at radius 1 is 1.08 bits per heavy atom. The summed E-state index contributed by atoms with van der Waals surface area (Å²) in [6.07, 6.45) is 5.08. The van der Waals surface area contributed by atoms with Gasteiger partial charge in [-0.05, 0) is 74.1 Å². The van der Waals surface area contributed by atoms with E-state index >= 15 is 0 Å². The highest BCUT2D eigenvalue weighted by Crippen LogP contribution is 2.37. The summed E-state index contributed by atoms with van der Waals surface area (Å²) in [6.45, 7) is 3.70. The molecule has 10 heteroatoms. The van der Waals surface area contributed by atoms with E-state index in [-0.39, 0.29) is 16.6 Å². The van der Waals surface area contributed by atoms with Crippen molar-refractivity contribution in [1.29, 1.82) is 0 Å². The van der Waals surface area contributed by atoms with Crippen LogP contribution in [0.1, 0.15) is 43.4 Å². The first-order valence-corrected chi connectivity index (χ1v) is 14.1. The fraction of sp³-hybridized carbons (Fsp3) is 0.385. The molecule has 36 heavy (non-hydrogen) atoms. The lowest BCUT2D eigenvalue weighted by Gasteiger charge is -2.14. The monoisotopic (exact) mass is 529 g/mol. The number of benzene rings is 2. The number of hydrogen-bond acceptors (Lipinski definition) is 7. The number of anilines is 2. The van der Waals surface area contributed by atoms with Crippen molar-refractivity contribution >= 4 is 38.1 Å². The number of aryl methyl sites for hydroxylation is 2. The average Bonchev–Trinajstić information content (AvgIpc) is 3.47. The van der Waals surface area contributed by atoms with E-state index in [9.17, 15) is 13.2 Å². The standard InChI is InChI=1S/C26H31N3O5S2/c1-16-11-20(15-21(12-16)33-3)29-36(31,32)23-14-19(9-10-22(23)34-4)25-17(2)27-26(35-25)28-24(30)13-18-7-5-6-8-18/h9-12,14-15,18,29H,5-8,13H2,1-4H3,(H,27,28,30). The van der Waals surface area contributed by atoms with E-state index in [1.807, 2.05) is 19.9 Å². The molecule has 192 valence electrons. The van der Waals surface area contributed by atoms with Gasteiger partial charge in [-0.3, -0.25) is 9.52 Å². The molecule has 8 nitrogen and oxygen atoms in total. The number of sulfonamides is 1. The van der Waals surface area contributed by atoms with E-state index in [1.165, 1.54) is 38.4 Å². The Morgan fingerprint density at radius 2 is 1.83 bits per heavy atom. The highest BCUT2D eigenvalue weighted by Gasteiger charge is 2.23. The molecule has 3 aromatic rings. The van der Waals surface area contributed by atoms with Crippen molar-refractivity contribution in [3.63, 3.8) is 0 Å². The first-order valence-electron chi connectivity index (χ1n) is 11.8. The number of ether oxygens (including phenoxy) is 2. The van der Waals surface area contributed by atoms with Gasteiger partial charge in [-0.1, -0.05) is 24.2 Å². The van der Waals surface area contributed by atoms with Crippen LogP contribution in [0.25, 0.3) is 10.4 Å². The molecule has 1 aliphatic rings. The third kappa shape index (κ3) is 5.99. The van der Waals surface area contributed by atoms with Crippen molar-refractivity contribution in [3.8, 4) is 21.9 Å². The average molecular weight is 530 g/mol. The van der Waals surface area contributed by atoms with E-state index in [2.05, 4.69) is 15.0 Å². The largest absolute Gasteiger partial charge is 0.497 e. The Labute approximate surface area is 216 Å². The van der Waals surface area contributed by atoms with Crippen LogP contribution in [0.5, 0.6) is 11.5 Å². The zero-order chi connectivity index (χ0) is 25.9. The van der Waals surface area contributed by atoms with Crippen molar-refractivity contribution in [1.82, 2.24) is 4.98 Å². The first kappa shape index (κ1) is 26.0. The Kier molecular flexibility index (Phi) is 7.85. The number of thiazole rings is 1. The van der Waals surface area contributed by atoms with E-state index in [0.717, 1.165) is 23.3 Å². The third-order valence-corrected chi connectivity index (χ3v) is 8.77. The number of amides is 1. The summed E-state index contributed by atoms with van der Waals surface area (Å²) >= 11 is 1.33. The Hall–Kier alpha value is -3.11. The van der Waals surface area contributed by atoms with Crippen LogP contribution in [0.15, 0.2) is 41.3 Å². The maximum atomic E-state index is 13.4. The molecule has 0 bridgehead atoms. The maximum Gasteiger partial charge on any atom is 0.265 e. The molecule has 0 atom stereocenters. The molecule has 0 radical (unpaired) electrons. The number of hydrogen-bond donors (Lipinski definition) is 2. The molecule has 0 aliphatic heterocycles. The van der Waals surface area contributed by atoms with Gasteiger partial charge in [-0.25, -0.2) is 13.4 Å². The van der Waals surface area contributed by atoms with Crippen LogP contribution in [0.4, 0.5) is 10.8 Å². The Morgan fingerprint density at radius 3 is 2.53 bits per heavy atom. The quantitative estimate of drug-likeness (QED) is 0.365. The van der Waals surface area contributed by atoms with E-state index in [1.54, 1.807) is 30.3 Å². The summed E-state index contributed by atoms with van der Waals surface area (Å²) in [5, 5.41) is 3.43. The van der Waals surface area contributed by atoms with Crippen LogP contribution in [0, 0.1) is 19.8 Å². The number of aromatic nitrogens is 1. The molecule has 0 spiro atoms. The SMILES string of the molecule is COc1cc(C)cc(NS(=O)(=O)c2cc(-c3sc(NC(=O)CC4CCCC4)nc3C)ccc2OC)c1. The molecule has 1 heterocycles. The van der Waals surface area contributed by atoms with Crippen LogP contribution in [-0.2, 0) is 14.8 Å². The predicted molar refractivity (Wildman–Crippen MR) is 143 cm³/mol. The summed E-state index contributed by atoms with van der Waals surface area (Å²) in [6, 6.07) is 10.1. The molecule has 2 aromatic carbocycles. The van der Waals surface area contributed by atoms with Gasteiger partial charge in [0.05, 0.1) is 30.5 Å². The second-order valence-electron chi connectivity index (χ2n) is 9.05. The van der Waals surface area contributed by atoms with Crippen molar-refractivity contribution < 1.29 is 22.7 Å². The zero-order valence-electron chi connectivity index (χ0n) is 20.9. The summed E-state index contributed by atoms with van der Waals surface area (Å²) in [5.74, 6) is 1.19. The molecule has 1 fully saturated rings. The van der Waals surface area contributed by atoms with Crippen molar-refractivity contribution in [3.05, 3.63) is 47.7 Å². The topological polar surface area (TPSA) is 107 Å². The van der Waals surface area contributed by atoms with Gasteiger partial charge in [0.2, 0.25) is 5.91 Å². The van der Waals surface area contributed by atoms with Gasteiger partial charge in [-0.2, -0.15) is 0 Å². The van der Waals surface area contributed by atoms with Gasteiger partial charge >= 0.3 is 0 Å². The molecule has 1 aromatic heterocycles. The molecule has 1 saturated carbocycles. The number of nitrogens with one attached hydrogen (secondary N) is 2. The molecule has 0 unspecified atom stereocenters. The molecule has 0 saturated heterocycles. The fourth-order valence-corrected chi connectivity index (χ4v) is 6.74. The second-order valence-corrected chi connectivity index (χ2v) is 11.7. The summed E-state index contributed by atoms with van der Waals surface area (Å²) in [4.78, 5) is 17.8. The van der Waals surface area contributed by atoms with Crippen molar-refractivity contribution in [2.45, 2.75) is 50.8 Å². The van der Waals surface area contributed by atoms with Gasteiger partial charge < -0.3 is 14.8 Å². The van der Waals surface area contributed by atoms with E-state index in [0.29, 0.717) is 40.2 Å². The van der Waals surface area contributed by atoms with Gasteiger partial charge in [0.25, 0.3) is 10.0 Å². The van der Waals surface area contributed by atoms with Gasteiger partial charge in [0.15, 0.2) is 5.13 Å². The summed E-state index contributed by atoms with van der Waals surface area (Å²) < 4.78 is 40.0. The van der Waals surface area contributed by atoms with Gasteiger partial charge in [0.1, 0.15) is 16.4 Å². The summed E-state index contributed by atoms with van der Waals surface area (Å²) in [7, 11) is -1.02. The van der Waals surface area contributed by atoms with Crippen molar-refractivity contribution in [2.24, 2.45) is 5.92 Å². The number of rotatable bonds is 9. The smallest absolute Gasteiger partial charge is 0.265 e. The third-order valence-electron chi connectivity index (χ3n) is 6.25. The lowest BCUT2D eigenvalue weighted by Crippen LogP contribution is -2.14. The van der Waals surface area contributed by atoms with Gasteiger partial charge in [0, 0.05) is 12.5 Å². The van der Waals surface area contributed by atoms with Crippen LogP contribution >= 0.6 is 11.3 Å². The predicted octanol–water partition coefficient (Wildman–Crippen LogP) is 5.76. The number of methoxy groups -OCH3 is 2. The molecule has 4 rings (SSSR count). The molecule has 2 N–H and O–H groups in total. The Balaban J connectivity index is 1.60. The lowest BCUT2D eigenvalue weighted by molar-refractivity contribution is -0.117. The van der Waals surface area contributed by atoms with E-state index in [4.69, 9.17) is 9.47 Å². The first-order chi connectivity index (χ1) is 17.2. The highest BCUT2D eigenvalue weighted by atomic mass is 32.2. The summed E-state index contributed by atoms with van der Waals surface area (Å²) in [5.41, 5.74) is 2.63. The van der Waals surface area contributed by atoms with Crippen LogP contribution < -0.4 is 19.5 Å². The normalized spacial score (nSPS) is 14.0. The fourth-order valence-electron chi connectivity index (χ4n) is 4.53. The van der Waals surface area contributed by atoms with Crippen molar-refractivity contribution in [2.75, 3.05) is 24.3 Å². The Bertz CT molecular complexity index is 1360. The van der Waals surface area contributed by atoms with Crippen LogP contribution in [0.3, 0.4) is 0 Å². The molecular weight excluding hydrogens is 498 g/mol. The lowest BCUT2D eigenvalue weighted by atomic mass is 10.0. The highest BCUT2D eigenvalue weighted by molar-refractivity contribution is 7.92. The van der Waals surface area contributed by atoms with Crippen LogP contribution in [-0.4, -0.2) is 33.5 Å². The second kappa shape index (κ2) is 10.9. The molecule has 1 amide bonds. The minimum atomic E-state index is -3.98. The number of nitrogens with zero attached hydrogens (tertiary/aromatic N) is 1. The maximum absolute atomic E-state index is 13.4. The molecular formula is C26H31N3O5S2. The number of carbonyl (C=O) groups excluding carboxylic acids is 1. The zero-order valence-corrected chi connectivity index (χ0v) is 22.5. The van der Waals surface area contributed by atoms with Gasteiger partial charge in [-0.15, -0.1) is 0 Å². The van der Waals surface area contributed by atoms with Crippen LogP contribution in [0.2, 0.25) is 0 Å². The minimum absolute atomic E-state index is 0.00240. The molecule has 1 aliphatic carbocycles.